The minimum absolute atomic E-state index is 0.0660. The van der Waals surface area contributed by atoms with E-state index >= 15 is 0 Å². The molecule has 0 aliphatic carbocycles. The van der Waals surface area contributed by atoms with Crippen molar-refractivity contribution >= 4 is 6.09 Å². The molecular formula is C16H28N4O2. The van der Waals surface area contributed by atoms with Crippen molar-refractivity contribution in [2.75, 3.05) is 26.7 Å². The van der Waals surface area contributed by atoms with Crippen LogP contribution in [0.15, 0.2) is 24.4 Å². The van der Waals surface area contributed by atoms with E-state index in [1.165, 1.54) is 0 Å². The molecule has 0 fully saturated rings. The maximum absolute atomic E-state index is 11.7. The highest BCUT2D eigenvalue weighted by Crippen LogP contribution is 2.06. The van der Waals surface area contributed by atoms with Crippen LogP contribution in [0, 0.1) is 0 Å². The van der Waals surface area contributed by atoms with E-state index in [4.69, 9.17) is 10.5 Å². The van der Waals surface area contributed by atoms with Crippen molar-refractivity contribution in [1.29, 1.82) is 0 Å². The number of alkyl carbamates (subject to hydrolysis) is 1. The van der Waals surface area contributed by atoms with Crippen LogP contribution in [0.4, 0.5) is 4.79 Å². The van der Waals surface area contributed by atoms with Crippen molar-refractivity contribution in [2.45, 2.75) is 38.8 Å². The molecule has 6 nitrogen and oxygen atoms in total. The smallest absolute Gasteiger partial charge is 0.407 e. The maximum Gasteiger partial charge on any atom is 0.407 e. The number of rotatable bonds is 7. The third-order valence-electron chi connectivity index (χ3n) is 3.22. The van der Waals surface area contributed by atoms with Crippen LogP contribution in [-0.4, -0.2) is 54.3 Å². The van der Waals surface area contributed by atoms with Crippen LogP contribution in [-0.2, 0) is 11.2 Å². The summed E-state index contributed by atoms with van der Waals surface area (Å²) in [5.74, 6) is 0. The Morgan fingerprint density at radius 1 is 1.45 bits per heavy atom. The quantitative estimate of drug-likeness (QED) is 0.796. The predicted molar refractivity (Wildman–Crippen MR) is 87.7 cm³/mol. The monoisotopic (exact) mass is 308 g/mol. The molecule has 6 heteroatoms. The zero-order valence-corrected chi connectivity index (χ0v) is 14.0. The number of nitrogens with one attached hydrogen (secondary N) is 1. The average Bonchev–Trinajstić information content (AvgIpc) is 2.45. The standard InChI is InChI=1S/C16H28N4O2/c1-16(2,3)22-15(21)19-12-14(11-17)20(4)10-8-13-7-5-6-9-18-13/h5-7,9,14H,8,10-12,17H2,1-4H3,(H,19,21). The van der Waals surface area contributed by atoms with Gasteiger partial charge >= 0.3 is 6.09 Å². The van der Waals surface area contributed by atoms with Crippen LogP contribution in [0.25, 0.3) is 0 Å². The highest BCUT2D eigenvalue weighted by molar-refractivity contribution is 5.67. The van der Waals surface area contributed by atoms with Gasteiger partial charge in [0.1, 0.15) is 5.60 Å². The maximum atomic E-state index is 11.7. The number of hydrogen-bond acceptors (Lipinski definition) is 5. The van der Waals surface area contributed by atoms with Gasteiger partial charge in [-0.15, -0.1) is 0 Å². The average molecular weight is 308 g/mol. The Hall–Kier alpha value is -1.66. The molecule has 1 aromatic heterocycles. The van der Waals surface area contributed by atoms with E-state index in [2.05, 4.69) is 15.2 Å². The second kappa shape index (κ2) is 8.70. The molecule has 1 amide bonds. The first kappa shape index (κ1) is 18.4. The van der Waals surface area contributed by atoms with Gasteiger partial charge in [-0.05, 0) is 40.0 Å². The molecule has 0 spiro atoms. The molecular weight excluding hydrogens is 280 g/mol. The number of ether oxygens (including phenoxy) is 1. The van der Waals surface area contributed by atoms with Crippen molar-refractivity contribution in [3.05, 3.63) is 30.1 Å². The van der Waals surface area contributed by atoms with E-state index in [1.807, 2.05) is 46.0 Å². The first-order valence-electron chi connectivity index (χ1n) is 7.59. The molecule has 1 rings (SSSR count). The molecule has 22 heavy (non-hydrogen) atoms. The minimum Gasteiger partial charge on any atom is -0.444 e. The number of aromatic nitrogens is 1. The molecule has 1 heterocycles. The van der Waals surface area contributed by atoms with E-state index in [0.29, 0.717) is 13.1 Å². The van der Waals surface area contributed by atoms with Gasteiger partial charge in [-0.2, -0.15) is 0 Å². The number of nitrogens with two attached hydrogens (primary N) is 1. The summed E-state index contributed by atoms with van der Waals surface area (Å²) in [7, 11) is 2.00. The summed E-state index contributed by atoms with van der Waals surface area (Å²) in [5.41, 5.74) is 6.36. The first-order chi connectivity index (χ1) is 10.3. The number of likely N-dealkylation sites (N-methyl/N-ethyl adjacent to an activating group) is 1. The van der Waals surface area contributed by atoms with Crippen LogP contribution in [0.5, 0.6) is 0 Å². The SMILES string of the molecule is CN(CCc1ccccn1)C(CN)CNC(=O)OC(C)(C)C. The van der Waals surface area contributed by atoms with Gasteiger partial charge in [0.2, 0.25) is 0 Å². The molecule has 0 aliphatic rings. The third kappa shape index (κ3) is 7.38. The lowest BCUT2D eigenvalue weighted by molar-refractivity contribution is 0.0512. The number of pyridine rings is 1. The molecule has 0 saturated carbocycles. The van der Waals surface area contributed by atoms with Gasteiger partial charge in [-0.25, -0.2) is 4.79 Å². The van der Waals surface area contributed by atoms with Gasteiger partial charge in [-0.1, -0.05) is 6.07 Å². The molecule has 3 N–H and O–H groups in total. The molecule has 0 radical (unpaired) electrons. The van der Waals surface area contributed by atoms with Gasteiger partial charge in [0.15, 0.2) is 0 Å². The van der Waals surface area contributed by atoms with Crippen LogP contribution >= 0.6 is 0 Å². The van der Waals surface area contributed by atoms with Crippen molar-refractivity contribution in [3.8, 4) is 0 Å². The van der Waals surface area contributed by atoms with Gasteiger partial charge in [-0.3, -0.25) is 4.98 Å². The number of hydrogen-bond donors (Lipinski definition) is 2. The molecule has 1 aromatic rings. The van der Waals surface area contributed by atoms with Crippen LogP contribution in [0.2, 0.25) is 0 Å². The summed E-state index contributed by atoms with van der Waals surface area (Å²) in [4.78, 5) is 18.1. The Morgan fingerprint density at radius 2 is 2.18 bits per heavy atom. The second-order valence-electron chi connectivity index (χ2n) is 6.32. The second-order valence-corrected chi connectivity index (χ2v) is 6.32. The summed E-state index contributed by atoms with van der Waals surface area (Å²) < 4.78 is 5.22. The third-order valence-corrected chi connectivity index (χ3v) is 3.22. The van der Waals surface area contributed by atoms with Crippen LogP contribution in [0.3, 0.4) is 0 Å². The summed E-state index contributed by atoms with van der Waals surface area (Å²) in [5, 5.41) is 2.77. The van der Waals surface area contributed by atoms with Crippen molar-refractivity contribution in [1.82, 2.24) is 15.2 Å². The minimum atomic E-state index is -0.493. The summed E-state index contributed by atoms with van der Waals surface area (Å²) >= 11 is 0. The predicted octanol–water partition coefficient (Wildman–Crippen LogP) is 1.41. The van der Waals surface area contributed by atoms with Gasteiger partial charge in [0.05, 0.1) is 0 Å². The lowest BCUT2D eigenvalue weighted by atomic mass is 10.2. The topological polar surface area (TPSA) is 80.5 Å². The number of carbonyl (C=O) groups is 1. The highest BCUT2D eigenvalue weighted by Gasteiger charge is 2.18. The lowest BCUT2D eigenvalue weighted by Gasteiger charge is -2.27. The molecule has 0 bridgehead atoms. The Morgan fingerprint density at radius 3 is 2.73 bits per heavy atom. The Labute approximate surface area is 133 Å². The van der Waals surface area contributed by atoms with E-state index < -0.39 is 11.7 Å². The van der Waals surface area contributed by atoms with Gasteiger partial charge in [0.25, 0.3) is 0 Å². The van der Waals surface area contributed by atoms with E-state index in [0.717, 1.165) is 18.7 Å². The zero-order chi connectivity index (χ0) is 16.6. The fourth-order valence-corrected chi connectivity index (χ4v) is 1.95. The fraction of sp³-hybridized carbons (Fsp3) is 0.625. The normalized spacial score (nSPS) is 13.0. The summed E-state index contributed by atoms with van der Waals surface area (Å²) in [6.07, 6.45) is 2.23. The molecule has 1 unspecified atom stereocenters. The molecule has 0 aromatic carbocycles. The van der Waals surface area contributed by atoms with Crippen LogP contribution in [0.1, 0.15) is 26.5 Å². The molecule has 1 atom stereocenters. The van der Waals surface area contributed by atoms with E-state index in [1.54, 1.807) is 6.20 Å². The molecule has 0 aliphatic heterocycles. The van der Waals surface area contributed by atoms with Gasteiger partial charge in [0, 0.05) is 44.0 Å². The van der Waals surface area contributed by atoms with Crippen molar-refractivity contribution in [2.24, 2.45) is 5.73 Å². The van der Waals surface area contributed by atoms with E-state index in [9.17, 15) is 4.79 Å². The number of carbonyl (C=O) groups excluding carboxylic acids is 1. The van der Waals surface area contributed by atoms with Crippen LogP contribution < -0.4 is 11.1 Å². The lowest BCUT2D eigenvalue weighted by Crippen LogP contribution is -2.47. The van der Waals surface area contributed by atoms with Gasteiger partial charge < -0.3 is 20.7 Å². The summed E-state index contributed by atoms with van der Waals surface area (Å²) in [6, 6.07) is 5.95. The highest BCUT2D eigenvalue weighted by atomic mass is 16.6. The Balaban J connectivity index is 2.38. The fourth-order valence-electron chi connectivity index (χ4n) is 1.95. The molecule has 0 saturated heterocycles. The number of amides is 1. The Kier molecular flexibility index (Phi) is 7.27. The Bertz CT molecular complexity index is 445. The summed E-state index contributed by atoms with van der Waals surface area (Å²) in [6.45, 7) is 7.28. The van der Waals surface area contributed by atoms with Crippen molar-refractivity contribution in [3.63, 3.8) is 0 Å². The largest absolute Gasteiger partial charge is 0.444 e. The number of nitrogens with zero attached hydrogens (tertiary/aromatic N) is 2. The van der Waals surface area contributed by atoms with Crippen molar-refractivity contribution < 1.29 is 9.53 Å². The molecule has 124 valence electrons. The first-order valence-corrected chi connectivity index (χ1v) is 7.59. The zero-order valence-electron chi connectivity index (χ0n) is 14.0. The van der Waals surface area contributed by atoms with E-state index in [-0.39, 0.29) is 6.04 Å².